The van der Waals surface area contributed by atoms with Crippen molar-refractivity contribution in [1.82, 2.24) is 5.06 Å². The molecular weight excluding hydrogens is 280 g/mol. The monoisotopic (exact) mass is 306 g/mol. The van der Waals surface area contributed by atoms with E-state index in [-0.39, 0.29) is 5.91 Å². The number of anilines is 1. The molecular formula is C17H26N2O3. The summed E-state index contributed by atoms with van der Waals surface area (Å²) in [6.45, 7) is 5.76. The summed E-state index contributed by atoms with van der Waals surface area (Å²) in [5.74, 6) is 1.37. The molecule has 1 saturated heterocycles. The molecule has 0 aliphatic carbocycles. The first kappa shape index (κ1) is 16.8. The summed E-state index contributed by atoms with van der Waals surface area (Å²) in [6, 6.07) is 3.93. The number of nitrogens with zero attached hydrogens (tertiary/aromatic N) is 1. The van der Waals surface area contributed by atoms with E-state index >= 15 is 0 Å². The Bertz CT molecular complexity index is 523. The van der Waals surface area contributed by atoms with Crippen LogP contribution in [0.5, 0.6) is 5.75 Å². The predicted octanol–water partition coefficient (Wildman–Crippen LogP) is 2.91. The molecule has 0 atom stereocenters. The number of carbonyl (C=O) groups is 1. The van der Waals surface area contributed by atoms with Gasteiger partial charge in [0.25, 0.3) is 0 Å². The Morgan fingerprint density at radius 3 is 2.50 bits per heavy atom. The van der Waals surface area contributed by atoms with Gasteiger partial charge in [-0.2, -0.15) is 5.06 Å². The number of amides is 1. The van der Waals surface area contributed by atoms with Gasteiger partial charge in [-0.3, -0.25) is 4.79 Å². The van der Waals surface area contributed by atoms with E-state index in [9.17, 15) is 4.79 Å². The van der Waals surface area contributed by atoms with Crippen molar-refractivity contribution < 1.29 is 14.4 Å². The Kier molecular flexibility index (Phi) is 5.80. The number of nitrogens with one attached hydrogen (secondary N) is 1. The Labute approximate surface area is 132 Å². The van der Waals surface area contributed by atoms with Gasteiger partial charge in [-0.1, -0.05) is 0 Å². The molecule has 122 valence electrons. The standard InChI is InChI=1S/C17H26N2O3/c1-12-10-16(21-3)13(2)9-15(12)18-17(20)11-14-5-7-19(22-4)8-6-14/h9-10,14H,5-8,11H2,1-4H3,(H,18,20). The molecule has 1 aromatic carbocycles. The molecule has 0 radical (unpaired) electrons. The number of piperidine rings is 1. The predicted molar refractivity (Wildman–Crippen MR) is 87.0 cm³/mol. The van der Waals surface area contributed by atoms with Crippen LogP contribution in [0.2, 0.25) is 0 Å². The average molecular weight is 306 g/mol. The number of aryl methyl sites for hydroxylation is 2. The van der Waals surface area contributed by atoms with Crippen LogP contribution in [0.25, 0.3) is 0 Å². The Morgan fingerprint density at radius 1 is 1.23 bits per heavy atom. The maximum absolute atomic E-state index is 12.3. The smallest absolute Gasteiger partial charge is 0.224 e. The Morgan fingerprint density at radius 2 is 1.91 bits per heavy atom. The summed E-state index contributed by atoms with van der Waals surface area (Å²) in [5.41, 5.74) is 2.92. The third kappa shape index (κ3) is 4.21. The molecule has 1 amide bonds. The third-order valence-corrected chi connectivity index (χ3v) is 4.32. The van der Waals surface area contributed by atoms with Crippen molar-refractivity contribution in [2.45, 2.75) is 33.1 Å². The van der Waals surface area contributed by atoms with Gasteiger partial charge in [-0.25, -0.2) is 0 Å². The van der Waals surface area contributed by atoms with Crippen LogP contribution in [-0.2, 0) is 9.63 Å². The summed E-state index contributed by atoms with van der Waals surface area (Å²) in [4.78, 5) is 17.5. The number of carbonyl (C=O) groups excluding carboxylic acids is 1. The van der Waals surface area contributed by atoms with Crippen molar-refractivity contribution in [1.29, 1.82) is 0 Å². The van der Waals surface area contributed by atoms with Crippen molar-refractivity contribution >= 4 is 11.6 Å². The van der Waals surface area contributed by atoms with Crippen LogP contribution in [0.3, 0.4) is 0 Å². The highest BCUT2D eigenvalue weighted by atomic mass is 16.7. The lowest BCUT2D eigenvalue weighted by Gasteiger charge is -2.29. The van der Waals surface area contributed by atoms with E-state index in [1.165, 1.54) is 0 Å². The number of rotatable bonds is 5. The molecule has 0 spiro atoms. The van der Waals surface area contributed by atoms with Crippen molar-refractivity contribution in [2.24, 2.45) is 5.92 Å². The zero-order valence-corrected chi connectivity index (χ0v) is 13.9. The molecule has 0 bridgehead atoms. The lowest BCUT2D eigenvalue weighted by molar-refractivity contribution is -0.149. The second-order valence-corrected chi connectivity index (χ2v) is 5.94. The van der Waals surface area contributed by atoms with E-state index in [0.29, 0.717) is 12.3 Å². The van der Waals surface area contributed by atoms with E-state index in [2.05, 4.69) is 5.32 Å². The highest BCUT2D eigenvalue weighted by Crippen LogP contribution is 2.27. The molecule has 1 aliphatic heterocycles. The highest BCUT2D eigenvalue weighted by Gasteiger charge is 2.21. The van der Waals surface area contributed by atoms with E-state index in [1.807, 2.05) is 31.0 Å². The van der Waals surface area contributed by atoms with Gasteiger partial charge in [-0.05, 0) is 55.9 Å². The van der Waals surface area contributed by atoms with Gasteiger partial charge in [0.1, 0.15) is 5.75 Å². The van der Waals surface area contributed by atoms with Crippen LogP contribution in [0, 0.1) is 19.8 Å². The third-order valence-electron chi connectivity index (χ3n) is 4.32. The van der Waals surface area contributed by atoms with Crippen LogP contribution in [0.15, 0.2) is 12.1 Å². The zero-order chi connectivity index (χ0) is 16.1. The van der Waals surface area contributed by atoms with Gasteiger partial charge in [-0.15, -0.1) is 0 Å². The van der Waals surface area contributed by atoms with Crippen molar-refractivity contribution in [3.05, 3.63) is 23.3 Å². The molecule has 22 heavy (non-hydrogen) atoms. The molecule has 5 heteroatoms. The summed E-state index contributed by atoms with van der Waals surface area (Å²) in [7, 11) is 3.36. The summed E-state index contributed by atoms with van der Waals surface area (Å²) in [6.07, 6.45) is 2.58. The summed E-state index contributed by atoms with van der Waals surface area (Å²) >= 11 is 0. The first-order valence-electron chi connectivity index (χ1n) is 7.77. The maximum Gasteiger partial charge on any atom is 0.224 e. The molecule has 1 aromatic rings. The number of ether oxygens (including phenoxy) is 1. The molecule has 0 aromatic heterocycles. The average Bonchev–Trinajstić information content (AvgIpc) is 2.51. The largest absolute Gasteiger partial charge is 0.496 e. The van der Waals surface area contributed by atoms with Crippen molar-refractivity contribution in [3.8, 4) is 5.75 Å². The second-order valence-electron chi connectivity index (χ2n) is 5.94. The van der Waals surface area contributed by atoms with Gasteiger partial charge < -0.3 is 14.9 Å². The van der Waals surface area contributed by atoms with Crippen LogP contribution < -0.4 is 10.1 Å². The minimum atomic E-state index is 0.0866. The van der Waals surface area contributed by atoms with Gasteiger partial charge in [0.2, 0.25) is 5.91 Å². The first-order valence-corrected chi connectivity index (χ1v) is 7.77. The molecule has 1 fully saturated rings. The van der Waals surface area contributed by atoms with Crippen molar-refractivity contribution in [3.63, 3.8) is 0 Å². The van der Waals surface area contributed by atoms with E-state index in [1.54, 1.807) is 14.2 Å². The Balaban J connectivity index is 1.91. The van der Waals surface area contributed by atoms with Crippen LogP contribution in [0.1, 0.15) is 30.4 Å². The molecule has 0 unspecified atom stereocenters. The van der Waals surface area contributed by atoms with E-state index in [4.69, 9.17) is 9.57 Å². The lowest BCUT2D eigenvalue weighted by atomic mass is 9.94. The SMILES string of the molecule is COc1cc(C)c(NC(=O)CC2CCN(OC)CC2)cc1C. The Hall–Kier alpha value is -1.59. The zero-order valence-electron chi connectivity index (χ0n) is 13.9. The first-order chi connectivity index (χ1) is 10.5. The van der Waals surface area contributed by atoms with Crippen molar-refractivity contribution in [2.75, 3.05) is 32.6 Å². The molecule has 1 aliphatic rings. The molecule has 1 heterocycles. The minimum Gasteiger partial charge on any atom is -0.496 e. The lowest BCUT2D eigenvalue weighted by Crippen LogP contribution is -2.34. The number of benzene rings is 1. The fourth-order valence-electron chi connectivity index (χ4n) is 2.90. The maximum atomic E-state index is 12.3. The molecule has 5 nitrogen and oxygen atoms in total. The van der Waals surface area contributed by atoms with E-state index < -0.39 is 0 Å². The van der Waals surface area contributed by atoms with Crippen LogP contribution in [-0.4, -0.2) is 38.3 Å². The summed E-state index contributed by atoms with van der Waals surface area (Å²) < 4.78 is 5.30. The fourth-order valence-corrected chi connectivity index (χ4v) is 2.90. The fraction of sp³-hybridized carbons (Fsp3) is 0.588. The molecule has 0 saturated carbocycles. The molecule has 2 rings (SSSR count). The topological polar surface area (TPSA) is 50.8 Å². The van der Waals surface area contributed by atoms with Gasteiger partial charge >= 0.3 is 0 Å². The van der Waals surface area contributed by atoms with Gasteiger partial charge in [0, 0.05) is 25.2 Å². The summed E-state index contributed by atoms with van der Waals surface area (Å²) in [5, 5.41) is 4.99. The molecule has 1 N–H and O–H groups in total. The van der Waals surface area contributed by atoms with Crippen LogP contribution >= 0.6 is 0 Å². The van der Waals surface area contributed by atoms with Crippen LogP contribution in [0.4, 0.5) is 5.69 Å². The highest BCUT2D eigenvalue weighted by molar-refractivity contribution is 5.91. The van der Waals surface area contributed by atoms with Gasteiger partial charge in [0.15, 0.2) is 0 Å². The van der Waals surface area contributed by atoms with E-state index in [0.717, 1.165) is 48.5 Å². The second kappa shape index (κ2) is 7.61. The number of hydrogen-bond donors (Lipinski definition) is 1. The quantitative estimate of drug-likeness (QED) is 0.909. The number of methoxy groups -OCH3 is 1. The normalized spacial score (nSPS) is 16.5. The minimum absolute atomic E-state index is 0.0866. The van der Waals surface area contributed by atoms with Gasteiger partial charge in [0.05, 0.1) is 14.2 Å². The number of hydroxylamine groups is 2. The number of hydrogen-bond acceptors (Lipinski definition) is 4.